The predicted molar refractivity (Wildman–Crippen MR) is 62.0 cm³/mol. The standard InChI is InChI=1S/C10H13FN2O2.ClH/c1-2-9(10(14)15)13(12)8-5-3-7(11)4-6-8;/h3-6,9H,2,12H2,1H3,(H,14,15);1H. The van der Waals surface area contributed by atoms with E-state index in [0.29, 0.717) is 12.1 Å². The monoisotopic (exact) mass is 248 g/mol. The van der Waals surface area contributed by atoms with E-state index in [0.717, 1.165) is 5.01 Å². The van der Waals surface area contributed by atoms with Crippen LogP contribution in [0.4, 0.5) is 10.1 Å². The molecule has 0 spiro atoms. The molecular weight excluding hydrogens is 235 g/mol. The number of anilines is 1. The SMILES string of the molecule is CCC(C(=O)O)N(N)c1ccc(F)cc1.Cl. The van der Waals surface area contributed by atoms with Gasteiger partial charge < -0.3 is 5.11 Å². The molecule has 0 aromatic heterocycles. The van der Waals surface area contributed by atoms with Crippen molar-refractivity contribution in [3.8, 4) is 0 Å². The van der Waals surface area contributed by atoms with Gasteiger partial charge in [-0.2, -0.15) is 0 Å². The van der Waals surface area contributed by atoms with Crippen LogP contribution >= 0.6 is 12.4 Å². The van der Waals surface area contributed by atoms with Crippen molar-refractivity contribution in [1.29, 1.82) is 0 Å². The van der Waals surface area contributed by atoms with E-state index in [1.54, 1.807) is 6.92 Å². The molecule has 0 heterocycles. The number of hydrogen-bond donors (Lipinski definition) is 2. The third kappa shape index (κ3) is 3.36. The Labute approximate surface area is 99.2 Å². The second kappa shape index (κ2) is 6.30. The first-order valence-corrected chi connectivity index (χ1v) is 4.58. The van der Waals surface area contributed by atoms with Gasteiger partial charge in [-0.1, -0.05) is 6.92 Å². The van der Waals surface area contributed by atoms with E-state index in [1.807, 2.05) is 0 Å². The number of rotatable bonds is 4. The number of hydrogen-bond acceptors (Lipinski definition) is 3. The number of halogens is 2. The number of hydrazine groups is 1. The minimum atomic E-state index is -0.996. The number of nitrogens with zero attached hydrogens (tertiary/aromatic N) is 1. The van der Waals surface area contributed by atoms with E-state index in [9.17, 15) is 9.18 Å². The van der Waals surface area contributed by atoms with E-state index in [4.69, 9.17) is 10.9 Å². The van der Waals surface area contributed by atoms with Crippen LogP contribution in [0.15, 0.2) is 24.3 Å². The predicted octanol–water partition coefficient (Wildman–Crippen LogP) is 1.79. The summed E-state index contributed by atoms with van der Waals surface area (Å²) < 4.78 is 12.6. The lowest BCUT2D eigenvalue weighted by molar-refractivity contribution is -0.138. The van der Waals surface area contributed by atoms with Gasteiger partial charge in [0.1, 0.15) is 11.9 Å². The normalized spacial score (nSPS) is 11.4. The number of aliphatic carboxylic acids is 1. The van der Waals surface area contributed by atoms with Gasteiger partial charge in [0.25, 0.3) is 0 Å². The maximum absolute atomic E-state index is 12.6. The van der Waals surface area contributed by atoms with Gasteiger partial charge in [0, 0.05) is 0 Å². The fourth-order valence-electron chi connectivity index (χ4n) is 1.28. The molecule has 6 heteroatoms. The topological polar surface area (TPSA) is 66.6 Å². The van der Waals surface area contributed by atoms with Crippen LogP contribution < -0.4 is 10.9 Å². The molecule has 0 bridgehead atoms. The molecule has 1 aromatic carbocycles. The van der Waals surface area contributed by atoms with Crippen LogP contribution in [0.3, 0.4) is 0 Å². The van der Waals surface area contributed by atoms with Crippen LogP contribution in [-0.2, 0) is 4.79 Å². The minimum absolute atomic E-state index is 0. The van der Waals surface area contributed by atoms with Crippen molar-refractivity contribution >= 4 is 24.1 Å². The molecule has 0 fully saturated rings. The highest BCUT2D eigenvalue weighted by atomic mass is 35.5. The molecule has 3 N–H and O–H groups in total. The summed E-state index contributed by atoms with van der Waals surface area (Å²) in [5, 5.41) is 9.99. The van der Waals surface area contributed by atoms with Crippen LogP contribution in [0.5, 0.6) is 0 Å². The van der Waals surface area contributed by atoms with E-state index >= 15 is 0 Å². The summed E-state index contributed by atoms with van der Waals surface area (Å²) in [5.74, 6) is 4.26. The highest BCUT2D eigenvalue weighted by Gasteiger charge is 2.21. The van der Waals surface area contributed by atoms with E-state index in [1.165, 1.54) is 24.3 Å². The molecule has 16 heavy (non-hydrogen) atoms. The van der Waals surface area contributed by atoms with Crippen molar-refractivity contribution < 1.29 is 14.3 Å². The van der Waals surface area contributed by atoms with Crippen LogP contribution in [0.2, 0.25) is 0 Å². The lowest BCUT2D eigenvalue weighted by Gasteiger charge is -2.24. The molecule has 0 amide bonds. The Kier molecular flexibility index (Phi) is 5.77. The fraction of sp³-hybridized carbons (Fsp3) is 0.300. The Bertz CT molecular complexity index is 345. The molecular formula is C10H14ClFN2O2. The van der Waals surface area contributed by atoms with E-state index in [2.05, 4.69) is 0 Å². The number of carbonyl (C=O) groups is 1. The summed E-state index contributed by atoms with van der Waals surface area (Å²) in [6, 6.07) is 4.57. The summed E-state index contributed by atoms with van der Waals surface area (Å²) >= 11 is 0. The van der Waals surface area contributed by atoms with Crippen LogP contribution in [0.1, 0.15) is 13.3 Å². The summed E-state index contributed by atoms with van der Waals surface area (Å²) in [7, 11) is 0. The van der Waals surface area contributed by atoms with Gasteiger partial charge in [0.05, 0.1) is 5.69 Å². The number of benzene rings is 1. The second-order valence-corrected chi connectivity index (χ2v) is 3.15. The first kappa shape index (κ1) is 14.7. The Hall–Kier alpha value is -1.33. The molecule has 90 valence electrons. The Morgan fingerprint density at radius 3 is 2.38 bits per heavy atom. The zero-order chi connectivity index (χ0) is 11.4. The lowest BCUT2D eigenvalue weighted by atomic mass is 10.2. The second-order valence-electron chi connectivity index (χ2n) is 3.15. The summed E-state index contributed by atoms with van der Waals surface area (Å²) in [6.45, 7) is 1.72. The quantitative estimate of drug-likeness (QED) is 0.630. The number of carboxylic acid groups (broad SMARTS) is 1. The molecule has 1 atom stereocenters. The molecule has 1 aromatic rings. The number of carboxylic acids is 1. The Balaban J connectivity index is 0.00000225. The highest BCUT2D eigenvalue weighted by Crippen LogP contribution is 2.15. The molecule has 4 nitrogen and oxygen atoms in total. The van der Waals surface area contributed by atoms with Crippen LogP contribution in [-0.4, -0.2) is 17.1 Å². The number of nitrogens with two attached hydrogens (primary N) is 1. The molecule has 0 aliphatic carbocycles. The molecule has 0 aliphatic heterocycles. The van der Waals surface area contributed by atoms with Gasteiger partial charge in [-0.3, -0.25) is 5.01 Å². The summed E-state index contributed by atoms with van der Waals surface area (Å²) in [4.78, 5) is 10.8. The molecule has 1 rings (SSSR count). The Morgan fingerprint density at radius 2 is 2.00 bits per heavy atom. The average Bonchev–Trinajstić information content (AvgIpc) is 2.19. The molecule has 1 unspecified atom stereocenters. The van der Waals surface area contributed by atoms with Crippen molar-refractivity contribution in [1.82, 2.24) is 0 Å². The van der Waals surface area contributed by atoms with Gasteiger partial charge in [-0.05, 0) is 30.7 Å². The summed E-state index contributed by atoms with van der Waals surface area (Å²) in [6.07, 6.45) is 0.378. The van der Waals surface area contributed by atoms with Gasteiger partial charge in [-0.15, -0.1) is 12.4 Å². The zero-order valence-corrected chi connectivity index (χ0v) is 9.58. The smallest absolute Gasteiger partial charge is 0.327 e. The van der Waals surface area contributed by atoms with Crippen molar-refractivity contribution in [2.75, 3.05) is 5.01 Å². The molecule has 0 radical (unpaired) electrons. The fourth-order valence-corrected chi connectivity index (χ4v) is 1.28. The van der Waals surface area contributed by atoms with Crippen molar-refractivity contribution in [2.24, 2.45) is 5.84 Å². The highest BCUT2D eigenvalue weighted by molar-refractivity contribution is 5.85. The molecule has 0 saturated heterocycles. The van der Waals surface area contributed by atoms with Crippen molar-refractivity contribution in [2.45, 2.75) is 19.4 Å². The van der Waals surface area contributed by atoms with Gasteiger partial charge >= 0.3 is 5.97 Å². The van der Waals surface area contributed by atoms with Crippen molar-refractivity contribution in [3.63, 3.8) is 0 Å². The van der Waals surface area contributed by atoms with E-state index in [-0.39, 0.29) is 18.2 Å². The summed E-state index contributed by atoms with van der Waals surface area (Å²) in [5.41, 5.74) is 0.477. The molecule has 0 saturated carbocycles. The minimum Gasteiger partial charge on any atom is -0.480 e. The van der Waals surface area contributed by atoms with E-state index < -0.39 is 12.0 Å². The third-order valence-electron chi connectivity index (χ3n) is 2.13. The lowest BCUT2D eigenvalue weighted by Crippen LogP contribution is -2.45. The first-order chi connectivity index (χ1) is 7.06. The molecule has 0 aliphatic rings. The van der Waals surface area contributed by atoms with Gasteiger partial charge in [0.15, 0.2) is 0 Å². The zero-order valence-electron chi connectivity index (χ0n) is 8.76. The van der Waals surface area contributed by atoms with Gasteiger partial charge in [0.2, 0.25) is 0 Å². The van der Waals surface area contributed by atoms with Crippen LogP contribution in [0, 0.1) is 5.82 Å². The third-order valence-corrected chi connectivity index (χ3v) is 2.13. The largest absolute Gasteiger partial charge is 0.480 e. The maximum Gasteiger partial charge on any atom is 0.327 e. The van der Waals surface area contributed by atoms with Crippen LogP contribution in [0.25, 0.3) is 0 Å². The van der Waals surface area contributed by atoms with Gasteiger partial charge in [-0.25, -0.2) is 15.0 Å². The average molecular weight is 249 g/mol. The Morgan fingerprint density at radius 1 is 1.50 bits per heavy atom. The maximum atomic E-state index is 12.6. The van der Waals surface area contributed by atoms with Crippen molar-refractivity contribution in [3.05, 3.63) is 30.1 Å². The first-order valence-electron chi connectivity index (χ1n) is 4.58.